The fraction of sp³-hybridized carbons (Fsp3) is 0.231. The second kappa shape index (κ2) is 8.86. The van der Waals surface area contributed by atoms with Crippen LogP contribution < -0.4 is 14.8 Å². The zero-order chi connectivity index (χ0) is 22.8. The third kappa shape index (κ3) is 4.22. The van der Waals surface area contributed by atoms with Crippen molar-refractivity contribution in [3.63, 3.8) is 0 Å². The van der Waals surface area contributed by atoms with E-state index in [0.29, 0.717) is 43.4 Å². The standard InChI is InChI=1S/C26H26N4O3/c1-18-10-12-19(13-11-18)27-26(31)30-16-14-29(15-17-30)25-20-6-5-9-23(32-2)24(20)33-22-8-4-3-7-21(22)28-25/h3-13H,14-17H2,1-2H3,(H,27,31). The summed E-state index contributed by atoms with van der Waals surface area (Å²) in [6.07, 6.45) is 0. The zero-order valence-electron chi connectivity index (χ0n) is 18.7. The second-order valence-corrected chi connectivity index (χ2v) is 8.11. The maximum Gasteiger partial charge on any atom is 0.321 e. The maximum absolute atomic E-state index is 12.8. The summed E-state index contributed by atoms with van der Waals surface area (Å²) in [6.45, 7) is 4.55. The molecule has 0 saturated carbocycles. The van der Waals surface area contributed by atoms with Gasteiger partial charge in [-0.25, -0.2) is 9.79 Å². The van der Waals surface area contributed by atoms with Gasteiger partial charge in [0.1, 0.15) is 11.5 Å². The molecule has 7 nitrogen and oxygen atoms in total. The highest BCUT2D eigenvalue weighted by Gasteiger charge is 2.29. The number of methoxy groups -OCH3 is 1. The first-order valence-electron chi connectivity index (χ1n) is 11.0. The van der Waals surface area contributed by atoms with E-state index in [9.17, 15) is 4.79 Å². The van der Waals surface area contributed by atoms with Crippen molar-refractivity contribution in [1.82, 2.24) is 9.80 Å². The predicted octanol–water partition coefficient (Wildman–Crippen LogP) is 5.04. The van der Waals surface area contributed by atoms with Crippen molar-refractivity contribution in [1.29, 1.82) is 0 Å². The number of hydrogen-bond donors (Lipinski definition) is 1. The lowest BCUT2D eigenvalue weighted by atomic mass is 10.1. The molecule has 0 radical (unpaired) electrons. The largest absolute Gasteiger partial charge is 0.493 e. The minimum absolute atomic E-state index is 0.0861. The normalized spacial score (nSPS) is 14.9. The fourth-order valence-electron chi connectivity index (χ4n) is 4.08. The van der Waals surface area contributed by atoms with Gasteiger partial charge in [-0.1, -0.05) is 35.9 Å². The quantitative estimate of drug-likeness (QED) is 0.604. The summed E-state index contributed by atoms with van der Waals surface area (Å²) in [6, 6.07) is 21.3. The Hall–Kier alpha value is -4.00. The number of ether oxygens (including phenoxy) is 2. The lowest BCUT2D eigenvalue weighted by Gasteiger charge is -2.36. The first-order valence-corrected chi connectivity index (χ1v) is 11.0. The third-order valence-electron chi connectivity index (χ3n) is 5.91. The number of amides is 2. The van der Waals surface area contributed by atoms with Gasteiger partial charge in [-0.3, -0.25) is 0 Å². The van der Waals surface area contributed by atoms with E-state index in [1.165, 1.54) is 0 Å². The summed E-state index contributed by atoms with van der Waals surface area (Å²) in [4.78, 5) is 21.8. The summed E-state index contributed by atoms with van der Waals surface area (Å²) in [5.74, 6) is 2.83. The van der Waals surface area contributed by atoms with Crippen molar-refractivity contribution < 1.29 is 14.3 Å². The van der Waals surface area contributed by atoms with Crippen molar-refractivity contribution in [3.8, 4) is 17.2 Å². The number of nitrogens with zero attached hydrogens (tertiary/aromatic N) is 3. The minimum atomic E-state index is -0.0861. The van der Waals surface area contributed by atoms with Gasteiger partial charge in [-0.2, -0.15) is 0 Å². The van der Waals surface area contributed by atoms with Crippen molar-refractivity contribution in [3.05, 3.63) is 77.9 Å². The molecule has 2 amide bonds. The zero-order valence-corrected chi connectivity index (χ0v) is 18.7. The number of amidine groups is 1. The number of para-hydroxylation sites is 3. The van der Waals surface area contributed by atoms with E-state index >= 15 is 0 Å². The molecule has 1 fully saturated rings. The van der Waals surface area contributed by atoms with Gasteiger partial charge in [0.05, 0.1) is 12.7 Å². The van der Waals surface area contributed by atoms with Crippen LogP contribution >= 0.6 is 0 Å². The van der Waals surface area contributed by atoms with Crippen LogP contribution in [0.5, 0.6) is 17.2 Å². The molecule has 1 N–H and O–H groups in total. The highest BCUT2D eigenvalue weighted by molar-refractivity contribution is 6.04. The van der Waals surface area contributed by atoms with Crippen LogP contribution in [0.2, 0.25) is 0 Å². The number of carbonyl (C=O) groups excluding carboxylic acids is 1. The molecule has 0 bridgehead atoms. The van der Waals surface area contributed by atoms with Crippen LogP contribution in [0, 0.1) is 6.92 Å². The number of aliphatic imine (C=N–C) groups is 1. The van der Waals surface area contributed by atoms with Crippen LogP contribution in [0.1, 0.15) is 11.1 Å². The molecule has 0 atom stereocenters. The molecular weight excluding hydrogens is 416 g/mol. The van der Waals surface area contributed by atoms with Crippen LogP contribution in [0.15, 0.2) is 71.7 Å². The van der Waals surface area contributed by atoms with Crippen molar-refractivity contribution in [2.45, 2.75) is 6.92 Å². The van der Waals surface area contributed by atoms with Gasteiger partial charge >= 0.3 is 6.03 Å². The number of rotatable bonds is 2. The molecule has 0 spiro atoms. The van der Waals surface area contributed by atoms with Crippen LogP contribution in [0.4, 0.5) is 16.2 Å². The Morgan fingerprint density at radius 1 is 0.970 bits per heavy atom. The van der Waals surface area contributed by atoms with Gasteiger partial charge in [0.25, 0.3) is 0 Å². The molecule has 0 aliphatic carbocycles. The maximum atomic E-state index is 12.8. The molecule has 0 unspecified atom stereocenters. The van der Waals surface area contributed by atoms with Gasteiger partial charge in [-0.05, 0) is 43.3 Å². The topological polar surface area (TPSA) is 66.4 Å². The Bertz CT molecular complexity index is 1200. The van der Waals surface area contributed by atoms with E-state index in [0.717, 1.165) is 28.3 Å². The smallest absolute Gasteiger partial charge is 0.321 e. The third-order valence-corrected chi connectivity index (χ3v) is 5.91. The van der Waals surface area contributed by atoms with Crippen LogP contribution in [-0.2, 0) is 0 Å². The van der Waals surface area contributed by atoms with E-state index in [4.69, 9.17) is 14.5 Å². The van der Waals surface area contributed by atoms with Crippen LogP contribution in [0.3, 0.4) is 0 Å². The molecule has 0 aromatic heterocycles. The molecule has 1 saturated heterocycles. The molecule has 3 aromatic rings. The number of anilines is 1. The molecule has 7 heteroatoms. The predicted molar refractivity (Wildman–Crippen MR) is 129 cm³/mol. The van der Waals surface area contributed by atoms with Crippen molar-refractivity contribution >= 4 is 23.2 Å². The Morgan fingerprint density at radius 2 is 1.73 bits per heavy atom. The van der Waals surface area contributed by atoms with E-state index in [-0.39, 0.29) is 6.03 Å². The molecule has 168 valence electrons. The number of nitrogens with one attached hydrogen (secondary N) is 1. The Morgan fingerprint density at radius 3 is 2.48 bits per heavy atom. The van der Waals surface area contributed by atoms with E-state index in [2.05, 4.69) is 10.2 Å². The van der Waals surface area contributed by atoms with Crippen molar-refractivity contribution in [2.24, 2.45) is 4.99 Å². The molecule has 2 aliphatic rings. The minimum Gasteiger partial charge on any atom is -0.493 e. The monoisotopic (exact) mass is 442 g/mol. The molecule has 3 aromatic carbocycles. The first kappa shape index (κ1) is 20.9. The summed E-state index contributed by atoms with van der Waals surface area (Å²) in [7, 11) is 1.64. The molecule has 33 heavy (non-hydrogen) atoms. The second-order valence-electron chi connectivity index (χ2n) is 8.11. The average molecular weight is 443 g/mol. The lowest BCUT2D eigenvalue weighted by molar-refractivity contribution is 0.181. The molecule has 5 rings (SSSR count). The number of hydrogen-bond acceptors (Lipinski definition) is 5. The van der Waals surface area contributed by atoms with Gasteiger partial charge in [0.15, 0.2) is 17.2 Å². The fourth-order valence-corrected chi connectivity index (χ4v) is 4.08. The molecule has 2 aliphatic heterocycles. The number of fused-ring (bicyclic) bond motifs is 2. The number of urea groups is 1. The van der Waals surface area contributed by atoms with E-state index in [1.807, 2.05) is 78.6 Å². The summed E-state index contributed by atoms with van der Waals surface area (Å²) in [5, 5.41) is 2.99. The van der Waals surface area contributed by atoms with E-state index in [1.54, 1.807) is 7.11 Å². The SMILES string of the molecule is COc1cccc2c1Oc1ccccc1N=C2N1CCN(C(=O)Nc2ccc(C)cc2)CC1. The Kier molecular flexibility index (Phi) is 5.60. The van der Waals surface area contributed by atoms with Gasteiger partial charge in [0.2, 0.25) is 0 Å². The highest BCUT2D eigenvalue weighted by atomic mass is 16.5. The van der Waals surface area contributed by atoms with Gasteiger partial charge in [-0.15, -0.1) is 0 Å². The van der Waals surface area contributed by atoms with Crippen LogP contribution in [-0.4, -0.2) is 55.0 Å². The Balaban J connectivity index is 1.37. The summed E-state index contributed by atoms with van der Waals surface area (Å²) < 4.78 is 11.8. The number of piperazine rings is 1. The number of aryl methyl sites for hydroxylation is 1. The van der Waals surface area contributed by atoms with Gasteiger partial charge < -0.3 is 24.6 Å². The van der Waals surface area contributed by atoms with E-state index < -0.39 is 0 Å². The Labute approximate surface area is 193 Å². The van der Waals surface area contributed by atoms with Crippen molar-refractivity contribution in [2.75, 3.05) is 38.6 Å². The lowest BCUT2D eigenvalue weighted by Crippen LogP contribution is -2.51. The number of carbonyl (C=O) groups is 1. The van der Waals surface area contributed by atoms with Crippen LogP contribution in [0.25, 0.3) is 0 Å². The number of benzene rings is 3. The van der Waals surface area contributed by atoms with Gasteiger partial charge in [0, 0.05) is 31.9 Å². The first-order chi connectivity index (χ1) is 16.1. The summed E-state index contributed by atoms with van der Waals surface area (Å²) in [5.41, 5.74) is 3.61. The highest BCUT2D eigenvalue weighted by Crippen LogP contribution is 2.42. The average Bonchev–Trinajstić information content (AvgIpc) is 3.02. The molecular formula is C26H26N4O3. The summed E-state index contributed by atoms with van der Waals surface area (Å²) >= 11 is 0. The molecule has 2 heterocycles.